The summed E-state index contributed by atoms with van der Waals surface area (Å²) >= 11 is 3.19. The highest BCUT2D eigenvalue weighted by molar-refractivity contribution is 9.10. The van der Waals surface area contributed by atoms with Crippen LogP contribution >= 0.6 is 15.9 Å². The van der Waals surface area contributed by atoms with Crippen molar-refractivity contribution < 1.29 is 9.18 Å². The van der Waals surface area contributed by atoms with E-state index in [1.807, 2.05) is 23.8 Å². The molecule has 19 heavy (non-hydrogen) atoms. The van der Waals surface area contributed by atoms with Gasteiger partial charge in [-0.2, -0.15) is 0 Å². The average Bonchev–Trinajstić information content (AvgIpc) is 2.79. The molecule has 2 aromatic rings. The van der Waals surface area contributed by atoms with Gasteiger partial charge in [-0.1, -0.05) is 0 Å². The molecule has 0 unspecified atom stereocenters. The molecule has 0 amide bonds. The maximum Gasteiger partial charge on any atom is 0.164 e. The lowest BCUT2D eigenvalue weighted by Gasteiger charge is -2.17. The van der Waals surface area contributed by atoms with Crippen LogP contribution in [-0.2, 0) is 6.42 Å². The number of hydrogen-bond acceptors (Lipinski definition) is 1. The molecule has 0 saturated heterocycles. The van der Waals surface area contributed by atoms with E-state index in [-0.39, 0.29) is 11.6 Å². The van der Waals surface area contributed by atoms with Crippen LogP contribution in [0.3, 0.4) is 0 Å². The van der Waals surface area contributed by atoms with Crippen molar-refractivity contribution in [2.45, 2.75) is 26.2 Å². The summed E-state index contributed by atoms with van der Waals surface area (Å²) in [6.45, 7) is 1.94. The number of aromatic nitrogens is 1. The molecule has 0 radical (unpaired) electrons. The number of hydrogen-bond donors (Lipinski definition) is 0. The molecule has 0 aliphatic heterocycles. The van der Waals surface area contributed by atoms with Crippen LogP contribution in [0.15, 0.2) is 28.9 Å². The van der Waals surface area contributed by atoms with E-state index in [0.29, 0.717) is 10.9 Å². The first-order valence-corrected chi connectivity index (χ1v) is 7.06. The zero-order valence-corrected chi connectivity index (χ0v) is 12.1. The van der Waals surface area contributed by atoms with Crippen molar-refractivity contribution in [3.63, 3.8) is 0 Å². The van der Waals surface area contributed by atoms with Crippen molar-refractivity contribution in [3.8, 4) is 5.69 Å². The van der Waals surface area contributed by atoms with Crippen LogP contribution in [0.5, 0.6) is 0 Å². The van der Waals surface area contributed by atoms with Gasteiger partial charge in [0, 0.05) is 23.9 Å². The largest absolute Gasteiger partial charge is 0.320 e. The Kier molecular flexibility index (Phi) is 3.05. The summed E-state index contributed by atoms with van der Waals surface area (Å²) in [5.41, 5.74) is 3.57. The Morgan fingerprint density at radius 2 is 2.11 bits per heavy atom. The van der Waals surface area contributed by atoms with Gasteiger partial charge >= 0.3 is 0 Å². The minimum atomic E-state index is -0.287. The SMILES string of the molecule is Cc1cc(Br)c(F)cc1-n1ccc2c1CCCC2=O. The van der Waals surface area contributed by atoms with E-state index in [1.165, 1.54) is 6.07 Å². The smallest absolute Gasteiger partial charge is 0.164 e. The lowest BCUT2D eigenvalue weighted by atomic mass is 9.96. The third-order valence-corrected chi connectivity index (χ3v) is 4.22. The van der Waals surface area contributed by atoms with Crippen LogP contribution in [0.2, 0.25) is 0 Å². The van der Waals surface area contributed by atoms with Crippen LogP contribution in [0.4, 0.5) is 4.39 Å². The van der Waals surface area contributed by atoms with E-state index < -0.39 is 0 Å². The monoisotopic (exact) mass is 321 g/mol. The highest BCUT2D eigenvalue weighted by atomic mass is 79.9. The van der Waals surface area contributed by atoms with Crippen LogP contribution < -0.4 is 0 Å². The Hall–Kier alpha value is -1.42. The number of carbonyl (C=O) groups excluding carboxylic acids is 1. The molecule has 0 atom stereocenters. The Morgan fingerprint density at radius 3 is 2.89 bits per heavy atom. The molecule has 4 heteroatoms. The molecule has 0 saturated carbocycles. The molecule has 1 heterocycles. The minimum Gasteiger partial charge on any atom is -0.320 e. The second-order valence-electron chi connectivity index (χ2n) is 4.88. The van der Waals surface area contributed by atoms with Gasteiger partial charge in [0.05, 0.1) is 10.2 Å². The fourth-order valence-electron chi connectivity index (χ4n) is 2.65. The fraction of sp³-hybridized carbons (Fsp3) is 0.267. The third-order valence-electron chi connectivity index (χ3n) is 3.61. The number of Topliss-reactive ketones (excluding diaryl/α,β-unsaturated/α-hetero) is 1. The number of aryl methyl sites for hydroxylation is 1. The molecule has 0 spiro atoms. The normalized spacial score (nSPS) is 14.6. The lowest BCUT2D eigenvalue weighted by molar-refractivity contribution is 0.0972. The summed E-state index contributed by atoms with van der Waals surface area (Å²) in [5.74, 6) is -0.0968. The Balaban J connectivity index is 2.18. The predicted octanol–water partition coefficient (Wildman–Crippen LogP) is 4.21. The zero-order chi connectivity index (χ0) is 13.6. The topological polar surface area (TPSA) is 22.0 Å². The molecule has 0 N–H and O–H groups in total. The highest BCUT2D eigenvalue weighted by Gasteiger charge is 2.21. The molecule has 1 aliphatic carbocycles. The number of rotatable bonds is 1. The van der Waals surface area contributed by atoms with E-state index in [1.54, 1.807) is 6.07 Å². The van der Waals surface area contributed by atoms with Gasteiger partial charge in [-0.05, 0) is 59.5 Å². The number of benzene rings is 1. The molecule has 1 aliphatic rings. The van der Waals surface area contributed by atoms with E-state index in [9.17, 15) is 9.18 Å². The van der Waals surface area contributed by atoms with E-state index in [2.05, 4.69) is 15.9 Å². The Morgan fingerprint density at radius 1 is 1.32 bits per heavy atom. The van der Waals surface area contributed by atoms with Crippen molar-refractivity contribution in [3.05, 3.63) is 51.5 Å². The van der Waals surface area contributed by atoms with E-state index in [0.717, 1.165) is 35.3 Å². The number of fused-ring (bicyclic) bond motifs is 1. The van der Waals surface area contributed by atoms with Crippen molar-refractivity contribution in [1.29, 1.82) is 0 Å². The summed E-state index contributed by atoms with van der Waals surface area (Å²) < 4.78 is 16.1. The summed E-state index contributed by atoms with van der Waals surface area (Å²) in [6, 6.07) is 5.12. The van der Waals surface area contributed by atoms with Gasteiger partial charge in [0.15, 0.2) is 5.78 Å². The molecular weight excluding hydrogens is 309 g/mol. The Labute approximate surface area is 119 Å². The van der Waals surface area contributed by atoms with E-state index >= 15 is 0 Å². The van der Waals surface area contributed by atoms with Gasteiger partial charge < -0.3 is 4.57 Å². The Bertz CT molecular complexity index is 675. The first-order valence-electron chi connectivity index (χ1n) is 6.27. The zero-order valence-electron chi connectivity index (χ0n) is 10.5. The third kappa shape index (κ3) is 2.04. The van der Waals surface area contributed by atoms with Crippen LogP contribution in [-0.4, -0.2) is 10.4 Å². The molecule has 0 fully saturated rings. The molecule has 98 valence electrons. The first kappa shape index (κ1) is 12.6. The molecular formula is C15H13BrFNO. The minimum absolute atomic E-state index is 0.190. The summed E-state index contributed by atoms with van der Waals surface area (Å²) in [4.78, 5) is 11.8. The van der Waals surface area contributed by atoms with Gasteiger partial charge in [-0.25, -0.2) is 4.39 Å². The second-order valence-corrected chi connectivity index (χ2v) is 5.73. The summed E-state index contributed by atoms with van der Waals surface area (Å²) in [5, 5.41) is 0. The van der Waals surface area contributed by atoms with E-state index in [4.69, 9.17) is 0 Å². The van der Waals surface area contributed by atoms with Crippen LogP contribution in [0.1, 0.15) is 34.5 Å². The van der Waals surface area contributed by atoms with Crippen LogP contribution in [0.25, 0.3) is 5.69 Å². The second kappa shape index (κ2) is 4.60. The summed E-state index contributed by atoms with van der Waals surface area (Å²) in [6.07, 6.45) is 4.22. The van der Waals surface area contributed by atoms with Crippen molar-refractivity contribution >= 4 is 21.7 Å². The van der Waals surface area contributed by atoms with Gasteiger partial charge in [0.1, 0.15) is 5.82 Å². The summed E-state index contributed by atoms with van der Waals surface area (Å²) in [7, 11) is 0. The maximum atomic E-state index is 13.7. The molecule has 3 rings (SSSR count). The van der Waals surface area contributed by atoms with Gasteiger partial charge in [-0.15, -0.1) is 0 Å². The molecule has 0 bridgehead atoms. The van der Waals surface area contributed by atoms with Gasteiger partial charge in [0.2, 0.25) is 0 Å². The van der Waals surface area contributed by atoms with Crippen molar-refractivity contribution in [2.75, 3.05) is 0 Å². The lowest BCUT2D eigenvalue weighted by Crippen LogP contribution is -2.12. The molecule has 1 aromatic heterocycles. The maximum absolute atomic E-state index is 13.7. The standard InChI is InChI=1S/C15H13BrFNO/c1-9-7-11(16)12(17)8-14(9)18-6-5-10-13(18)3-2-4-15(10)19/h5-8H,2-4H2,1H3. The average molecular weight is 322 g/mol. The quantitative estimate of drug-likeness (QED) is 0.771. The first-order chi connectivity index (χ1) is 9.08. The number of ketones is 1. The fourth-order valence-corrected chi connectivity index (χ4v) is 3.10. The number of nitrogens with zero attached hydrogens (tertiary/aromatic N) is 1. The molecule has 1 aromatic carbocycles. The highest BCUT2D eigenvalue weighted by Crippen LogP contribution is 2.29. The predicted molar refractivity (Wildman–Crippen MR) is 75.4 cm³/mol. The number of halogens is 2. The molecule has 2 nitrogen and oxygen atoms in total. The van der Waals surface area contributed by atoms with Crippen LogP contribution in [0, 0.1) is 12.7 Å². The van der Waals surface area contributed by atoms with Crippen molar-refractivity contribution in [2.24, 2.45) is 0 Å². The number of carbonyl (C=O) groups is 1. The van der Waals surface area contributed by atoms with Gasteiger partial charge in [0.25, 0.3) is 0 Å². The van der Waals surface area contributed by atoms with Crippen molar-refractivity contribution in [1.82, 2.24) is 4.57 Å². The van der Waals surface area contributed by atoms with Gasteiger partial charge in [-0.3, -0.25) is 4.79 Å².